The molecular formula is C11H18O. The van der Waals surface area contributed by atoms with E-state index in [4.69, 9.17) is 0 Å². The molecule has 1 heteroatoms. The van der Waals surface area contributed by atoms with Crippen LogP contribution in [0.4, 0.5) is 0 Å². The third-order valence-electron chi connectivity index (χ3n) is 1.91. The zero-order valence-corrected chi connectivity index (χ0v) is 7.72. The first-order valence-corrected chi connectivity index (χ1v) is 4.47. The Hall–Kier alpha value is -0.820. The fourth-order valence-corrected chi connectivity index (χ4v) is 1.22. The van der Waals surface area contributed by atoms with Crippen molar-refractivity contribution < 1.29 is 5.48 Å². The van der Waals surface area contributed by atoms with E-state index in [-0.39, 0.29) is 5.48 Å². The molecule has 0 spiro atoms. The van der Waals surface area contributed by atoms with Crippen LogP contribution in [0.2, 0.25) is 0 Å². The lowest BCUT2D eigenvalue weighted by Crippen LogP contribution is -1.83. The maximum atomic E-state index is 2.24. The summed E-state index contributed by atoms with van der Waals surface area (Å²) in [6.45, 7) is 2.24. The smallest absolute Gasteiger partial charge is 0.0279 e. The second-order valence-corrected chi connectivity index (χ2v) is 2.94. The fourth-order valence-electron chi connectivity index (χ4n) is 1.22. The maximum Gasteiger partial charge on any atom is -0.0279 e. The van der Waals surface area contributed by atoms with Crippen molar-refractivity contribution in [2.24, 2.45) is 0 Å². The molecule has 0 saturated heterocycles. The van der Waals surface area contributed by atoms with E-state index in [9.17, 15) is 0 Å². The highest BCUT2D eigenvalue weighted by molar-refractivity contribution is 5.14. The van der Waals surface area contributed by atoms with E-state index >= 15 is 0 Å². The van der Waals surface area contributed by atoms with E-state index in [1.165, 1.54) is 31.2 Å². The lowest BCUT2D eigenvalue weighted by atomic mass is 10.1. The van der Waals surface area contributed by atoms with Gasteiger partial charge in [0.05, 0.1) is 0 Å². The first-order valence-electron chi connectivity index (χ1n) is 4.47. The molecule has 1 rings (SSSR count). The van der Waals surface area contributed by atoms with E-state index in [0.29, 0.717) is 0 Å². The third-order valence-corrected chi connectivity index (χ3v) is 1.91. The minimum Gasteiger partial charge on any atom is -0.412 e. The molecule has 12 heavy (non-hydrogen) atoms. The van der Waals surface area contributed by atoms with Gasteiger partial charge in [-0.2, -0.15) is 0 Å². The van der Waals surface area contributed by atoms with Crippen LogP contribution in [-0.4, -0.2) is 5.48 Å². The van der Waals surface area contributed by atoms with Crippen molar-refractivity contribution in [3.05, 3.63) is 35.9 Å². The van der Waals surface area contributed by atoms with Crippen LogP contribution in [-0.2, 0) is 6.42 Å². The molecule has 1 nitrogen and oxygen atoms in total. The van der Waals surface area contributed by atoms with Crippen LogP contribution in [0.3, 0.4) is 0 Å². The summed E-state index contributed by atoms with van der Waals surface area (Å²) in [5.74, 6) is 0. The highest BCUT2D eigenvalue weighted by atomic mass is 16.0. The third kappa shape index (κ3) is 4.14. The number of hydrogen-bond acceptors (Lipinski definition) is 0. The van der Waals surface area contributed by atoms with Crippen molar-refractivity contribution in [2.75, 3.05) is 0 Å². The Balaban J connectivity index is 0.00000121. The number of benzene rings is 1. The molecule has 2 N–H and O–H groups in total. The Morgan fingerprint density at radius 3 is 2.25 bits per heavy atom. The average molecular weight is 166 g/mol. The van der Waals surface area contributed by atoms with Crippen molar-refractivity contribution in [1.82, 2.24) is 0 Å². The van der Waals surface area contributed by atoms with Crippen LogP contribution < -0.4 is 0 Å². The highest BCUT2D eigenvalue weighted by Crippen LogP contribution is 2.05. The number of hydrogen-bond donors (Lipinski definition) is 0. The zero-order chi connectivity index (χ0) is 7.94. The van der Waals surface area contributed by atoms with Gasteiger partial charge < -0.3 is 5.48 Å². The summed E-state index contributed by atoms with van der Waals surface area (Å²) in [6.07, 6.45) is 5.25. The maximum absolute atomic E-state index is 2.24. The molecule has 0 radical (unpaired) electrons. The van der Waals surface area contributed by atoms with Gasteiger partial charge in [0.25, 0.3) is 0 Å². The van der Waals surface area contributed by atoms with Gasteiger partial charge in [-0.25, -0.2) is 0 Å². The molecule has 0 fully saturated rings. The van der Waals surface area contributed by atoms with Gasteiger partial charge in [-0.1, -0.05) is 50.1 Å². The summed E-state index contributed by atoms with van der Waals surface area (Å²) in [6, 6.07) is 10.7. The molecule has 68 valence electrons. The van der Waals surface area contributed by atoms with Crippen LogP contribution in [0.15, 0.2) is 30.3 Å². The first kappa shape index (κ1) is 11.2. The van der Waals surface area contributed by atoms with Gasteiger partial charge in [-0.15, -0.1) is 0 Å². The normalized spacial score (nSPS) is 9.08. The number of unbranched alkanes of at least 4 members (excludes halogenated alkanes) is 2. The van der Waals surface area contributed by atoms with Crippen molar-refractivity contribution in [3.8, 4) is 0 Å². The van der Waals surface area contributed by atoms with Gasteiger partial charge >= 0.3 is 0 Å². The Kier molecular flexibility index (Phi) is 6.39. The molecule has 1 aromatic rings. The van der Waals surface area contributed by atoms with E-state index in [1.54, 1.807) is 0 Å². The molecule has 0 aliphatic heterocycles. The molecule has 0 bridgehead atoms. The first-order chi connectivity index (χ1) is 5.43. The summed E-state index contributed by atoms with van der Waals surface area (Å²) < 4.78 is 0. The predicted molar refractivity (Wildman–Crippen MR) is 53.3 cm³/mol. The quantitative estimate of drug-likeness (QED) is 0.616. The van der Waals surface area contributed by atoms with Crippen molar-refractivity contribution in [1.29, 1.82) is 0 Å². The molecule has 0 aliphatic rings. The Morgan fingerprint density at radius 2 is 1.67 bits per heavy atom. The summed E-state index contributed by atoms with van der Waals surface area (Å²) in [5, 5.41) is 0. The molecule has 0 heterocycles. The Labute approximate surface area is 74.7 Å². The fraction of sp³-hybridized carbons (Fsp3) is 0.455. The summed E-state index contributed by atoms with van der Waals surface area (Å²) in [7, 11) is 0. The number of rotatable bonds is 4. The SMILES string of the molecule is CCCCCc1ccccc1.O. The van der Waals surface area contributed by atoms with Crippen LogP contribution in [0.25, 0.3) is 0 Å². The van der Waals surface area contributed by atoms with Crippen LogP contribution in [0.1, 0.15) is 31.7 Å². The van der Waals surface area contributed by atoms with Gasteiger partial charge in [0, 0.05) is 0 Å². The molecular weight excluding hydrogens is 148 g/mol. The monoisotopic (exact) mass is 166 g/mol. The van der Waals surface area contributed by atoms with Gasteiger partial charge in [-0.05, 0) is 18.4 Å². The average Bonchev–Trinajstić information content (AvgIpc) is 2.07. The summed E-state index contributed by atoms with van der Waals surface area (Å²) in [4.78, 5) is 0. The second-order valence-electron chi connectivity index (χ2n) is 2.94. The van der Waals surface area contributed by atoms with E-state index < -0.39 is 0 Å². The largest absolute Gasteiger partial charge is 0.412 e. The minimum absolute atomic E-state index is 0. The van der Waals surface area contributed by atoms with Crippen LogP contribution in [0, 0.1) is 0 Å². The Morgan fingerprint density at radius 1 is 1.00 bits per heavy atom. The van der Waals surface area contributed by atoms with Gasteiger partial charge in [0.2, 0.25) is 0 Å². The molecule has 0 atom stereocenters. The van der Waals surface area contributed by atoms with Crippen LogP contribution >= 0.6 is 0 Å². The van der Waals surface area contributed by atoms with E-state index in [1.807, 2.05) is 0 Å². The highest BCUT2D eigenvalue weighted by Gasteiger charge is 1.89. The molecule has 0 amide bonds. The lowest BCUT2D eigenvalue weighted by Gasteiger charge is -1.98. The molecule has 0 unspecified atom stereocenters. The minimum atomic E-state index is 0. The predicted octanol–water partition coefficient (Wildman–Crippen LogP) is 2.59. The van der Waals surface area contributed by atoms with E-state index in [2.05, 4.69) is 37.3 Å². The van der Waals surface area contributed by atoms with Crippen molar-refractivity contribution in [2.45, 2.75) is 32.6 Å². The number of aryl methyl sites for hydroxylation is 1. The van der Waals surface area contributed by atoms with Gasteiger partial charge in [0.1, 0.15) is 0 Å². The Bertz CT molecular complexity index is 181. The van der Waals surface area contributed by atoms with Crippen molar-refractivity contribution in [3.63, 3.8) is 0 Å². The molecule has 0 aliphatic carbocycles. The summed E-state index contributed by atoms with van der Waals surface area (Å²) >= 11 is 0. The lowest BCUT2D eigenvalue weighted by molar-refractivity contribution is 0.717. The van der Waals surface area contributed by atoms with Crippen molar-refractivity contribution >= 4 is 0 Å². The topological polar surface area (TPSA) is 31.5 Å². The van der Waals surface area contributed by atoms with E-state index in [0.717, 1.165) is 0 Å². The standard InChI is InChI=1S/C11H16.H2O/c1-2-3-5-8-11-9-6-4-7-10-11;/h4,6-7,9-10H,2-3,5,8H2,1H3;1H2. The summed E-state index contributed by atoms with van der Waals surface area (Å²) in [5.41, 5.74) is 1.47. The van der Waals surface area contributed by atoms with Gasteiger partial charge in [0.15, 0.2) is 0 Å². The molecule has 0 aromatic heterocycles. The van der Waals surface area contributed by atoms with Gasteiger partial charge in [-0.3, -0.25) is 0 Å². The van der Waals surface area contributed by atoms with Crippen LogP contribution in [0.5, 0.6) is 0 Å². The molecule has 1 aromatic carbocycles. The molecule has 0 saturated carbocycles. The second kappa shape index (κ2) is 6.86. The zero-order valence-electron chi connectivity index (χ0n) is 7.72.